The Labute approximate surface area is 93.2 Å². The normalized spacial score (nSPS) is 12.2. The van der Waals surface area contributed by atoms with E-state index in [2.05, 4.69) is 5.32 Å². The molecule has 76 valence electrons. The summed E-state index contributed by atoms with van der Waals surface area (Å²) in [6, 6.07) is 7.29. The Kier molecular flexibility index (Phi) is 4.23. The van der Waals surface area contributed by atoms with Crippen molar-refractivity contribution in [1.82, 2.24) is 5.32 Å². The summed E-state index contributed by atoms with van der Waals surface area (Å²) in [6.45, 7) is 1.90. The molecule has 0 unspecified atom stereocenters. The molecule has 0 spiro atoms. The second-order valence-corrected chi connectivity index (χ2v) is 3.68. The Morgan fingerprint density at radius 1 is 1.43 bits per heavy atom. The van der Waals surface area contributed by atoms with Crippen molar-refractivity contribution in [2.45, 2.75) is 13.0 Å². The van der Waals surface area contributed by atoms with Gasteiger partial charge in [0.2, 0.25) is 5.91 Å². The smallest absolute Gasteiger partial charge is 0.235 e. The second-order valence-electron chi connectivity index (χ2n) is 2.97. The van der Waals surface area contributed by atoms with Crippen molar-refractivity contribution in [3.63, 3.8) is 0 Å². The number of carbonyl (C=O) groups is 1. The first-order chi connectivity index (χ1) is 6.63. The highest BCUT2D eigenvalue weighted by Crippen LogP contribution is 2.15. The molecule has 4 heteroatoms. The number of benzene rings is 1. The van der Waals surface area contributed by atoms with Gasteiger partial charge in [-0.15, -0.1) is 11.6 Å². The van der Waals surface area contributed by atoms with Crippen LogP contribution in [0.1, 0.15) is 18.5 Å². The van der Waals surface area contributed by atoms with E-state index < -0.39 is 0 Å². The van der Waals surface area contributed by atoms with E-state index in [1.165, 1.54) is 0 Å². The predicted octanol–water partition coefficient (Wildman–Crippen LogP) is 2.76. The van der Waals surface area contributed by atoms with Crippen LogP contribution in [0.3, 0.4) is 0 Å². The fourth-order valence-corrected chi connectivity index (χ4v) is 1.32. The number of alkyl halides is 1. The van der Waals surface area contributed by atoms with Gasteiger partial charge in [0, 0.05) is 5.02 Å². The third kappa shape index (κ3) is 3.20. The average Bonchev–Trinajstić information content (AvgIpc) is 2.18. The maximum atomic E-state index is 11.0. The van der Waals surface area contributed by atoms with Crippen molar-refractivity contribution in [3.05, 3.63) is 34.9 Å². The lowest BCUT2D eigenvalue weighted by atomic mass is 10.1. The zero-order valence-electron chi connectivity index (χ0n) is 7.76. The fourth-order valence-electron chi connectivity index (χ4n) is 1.11. The summed E-state index contributed by atoms with van der Waals surface area (Å²) in [5.41, 5.74) is 1.01. The van der Waals surface area contributed by atoms with E-state index in [1.54, 1.807) is 12.1 Å². The van der Waals surface area contributed by atoms with Crippen LogP contribution in [-0.4, -0.2) is 11.8 Å². The first-order valence-corrected chi connectivity index (χ1v) is 5.15. The molecular formula is C10H11Cl2NO. The van der Waals surface area contributed by atoms with Crippen LogP contribution in [0, 0.1) is 0 Å². The molecule has 1 aromatic rings. The molecule has 0 bridgehead atoms. The maximum absolute atomic E-state index is 11.0. The summed E-state index contributed by atoms with van der Waals surface area (Å²) in [6.07, 6.45) is 0. The van der Waals surface area contributed by atoms with Crippen molar-refractivity contribution in [2.24, 2.45) is 0 Å². The lowest BCUT2D eigenvalue weighted by Gasteiger charge is -2.13. The first-order valence-electron chi connectivity index (χ1n) is 4.24. The molecule has 0 aromatic heterocycles. The van der Waals surface area contributed by atoms with E-state index in [4.69, 9.17) is 23.2 Å². The first kappa shape index (κ1) is 11.3. The summed E-state index contributed by atoms with van der Waals surface area (Å²) in [5, 5.41) is 3.44. The molecule has 0 aliphatic heterocycles. The number of rotatable bonds is 3. The van der Waals surface area contributed by atoms with E-state index in [9.17, 15) is 4.79 Å². The van der Waals surface area contributed by atoms with Crippen LogP contribution < -0.4 is 5.32 Å². The molecule has 0 saturated heterocycles. The number of amides is 1. The van der Waals surface area contributed by atoms with Gasteiger partial charge in [-0.2, -0.15) is 0 Å². The summed E-state index contributed by atoms with van der Waals surface area (Å²) in [5.74, 6) is -0.188. The summed E-state index contributed by atoms with van der Waals surface area (Å²) in [4.78, 5) is 11.0. The van der Waals surface area contributed by atoms with Gasteiger partial charge < -0.3 is 5.32 Å². The SMILES string of the molecule is C[C@@H](NC(=O)CCl)c1ccc(Cl)cc1. The molecule has 0 saturated carbocycles. The third-order valence-corrected chi connectivity index (χ3v) is 2.36. The fraction of sp³-hybridized carbons (Fsp3) is 0.300. The maximum Gasteiger partial charge on any atom is 0.235 e. The van der Waals surface area contributed by atoms with Crippen LogP contribution in [0.2, 0.25) is 5.02 Å². The van der Waals surface area contributed by atoms with Gasteiger partial charge in [-0.1, -0.05) is 23.7 Å². The molecule has 1 atom stereocenters. The molecule has 1 amide bonds. The van der Waals surface area contributed by atoms with Gasteiger partial charge in [0.15, 0.2) is 0 Å². The Morgan fingerprint density at radius 3 is 2.50 bits per heavy atom. The van der Waals surface area contributed by atoms with Crippen molar-refractivity contribution in [1.29, 1.82) is 0 Å². The third-order valence-electron chi connectivity index (χ3n) is 1.87. The molecule has 0 radical (unpaired) electrons. The van der Waals surface area contributed by atoms with Gasteiger partial charge in [0.05, 0.1) is 6.04 Å². The predicted molar refractivity (Wildman–Crippen MR) is 58.7 cm³/mol. The summed E-state index contributed by atoms with van der Waals surface area (Å²) >= 11 is 11.1. The lowest BCUT2D eigenvalue weighted by molar-refractivity contribution is -0.119. The number of hydrogen-bond donors (Lipinski definition) is 1. The van der Waals surface area contributed by atoms with Crippen LogP contribution >= 0.6 is 23.2 Å². The van der Waals surface area contributed by atoms with Crippen LogP contribution in [0.5, 0.6) is 0 Å². The van der Waals surface area contributed by atoms with Crippen LogP contribution in [0.4, 0.5) is 0 Å². The Bertz CT molecular complexity index is 310. The van der Waals surface area contributed by atoms with Crippen LogP contribution in [-0.2, 0) is 4.79 Å². The zero-order chi connectivity index (χ0) is 10.6. The van der Waals surface area contributed by atoms with Gasteiger partial charge >= 0.3 is 0 Å². The molecule has 14 heavy (non-hydrogen) atoms. The van der Waals surface area contributed by atoms with Crippen molar-refractivity contribution in [3.8, 4) is 0 Å². The quantitative estimate of drug-likeness (QED) is 0.797. The van der Waals surface area contributed by atoms with Gasteiger partial charge in [-0.05, 0) is 24.6 Å². The highest BCUT2D eigenvalue weighted by molar-refractivity contribution is 6.30. The molecule has 1 aromatic carbocycles. The van der Waals surface area contributed by atoms with Crippen molar-refractivity contribution < 1.29 is 4.79 Å². The average molecular weight is 232 g/mol. The van der Waals surface area contributed by atoms with Crippen LogP contribution in [0.25, 0.3) is 0 Å². The number of hydrogen-bond acceptors (Lipinski definition) is 1. The zero-order valence-corrected chi connectivity index (χ0v) is 9.27. The minimum atomic E-state index is -0.172. The Morgan fingerprint density at radius 2 is 2.00 bits per heavy atom. The largest absolute Gasteiger partial charge is 0.349 e. The second kappa shape index (κ2) is 5.23. The van der Waals surface area contributed by atoms with Crippen LogP contribution in [0.15, 0.2) is 24.3 Å². The molecule has 0 aliphatic rings. The molecule has 0 heterocycles. The number of nitrogens with one attached hydrogen (secondary N) is 1. The minimum absolute atomic E-state index is 0.0159. The number of halogens is 2. The standard InChI is InChI=1S/C10H11Cl2NO/c1-7(13-10(14)6-11)8-2-4-9(12)5-3-8/h2-5,7H,6H2,1H3,(H,13,14)/t7-/m1/s1. The Balaban J connectivity index is 2.65. The summed E-state index contributed by atoms with van der Waals surface area (Å²) < 4.78 is 0. The van der Waals surface area contributed by atoms with Gasteiger partial charge in [-0.25, -0.2) is 0 Å². The molecule has 1 N–H and O–H groups in total. The van der Waals surface area contributed by atoms with E-state index in [0.717, 1.165) is 5.56 Å². The van der Waals surface area contributed by atoms with E-state index in [0.29, 0.717) is 5.02 Å². The topological polar surface area (TPSA) is 29.1 Å². The highest BCUT2D eigenvalue weighted by atomic mass is 35.5. The molecular weight excluding hydrogens is 221 g/mol. The van der Waals surface area contributed by atoms with E-state index in [1.807, 2.05) is 19.1 Å². The van der Waals surface area contributed by atoms with Gasteiger partial charge in [-0.3, -0.25) is 4.79 Å². The Hall–Kier alpha value is -0.730. The molecule has 1 rings (SSSR count). The number of carbonyl (C=O) groups excluding carboxylic acids is 1. The van der Waals surface area contributed by atoms with Gasteiger partial charge in [0.25, 0.3) is 0 Å². The minimum Gasteiger partial charge on any atom is -0.349 e. The lowest BCUT2D eigenvalue weighted by Crippen LogP contribution is -2.27. The molecule has 0 aliphatic carbocycles. The van der Waals surface area contributed by atoms with E-state index >= 15 is 0 Å². The van der Waals surface area contributed by atoms with Gasteiger partial charge in [0.1, 0.15) is 5.88 Å². The van der Waals surface area contributed by atoms with E-state index in [-0.39, 0.29) is 17.8 Å². The van der Waals surface area contributed by atoms with Crippen molar-refractivity contribution >= 4 is 29.1 Å². The molecule has 0 fully saturated rings. The monoisotopic (exact) mass is 231 g/mol. The highest BCUT2D eigenvalue weighted by Gasteiger charge is 2.07. The van der Waals surface area contributed by atoms with Crippen molar-refractivity contribution in [2.75, 3.05) is 5.88 Å². The summed E-state index contributed by atoms with van der Waals surface area (Å²) in [7, 11) is 0. The molecule has 2 nitrogen and oxygen atoms in total.